The molecule has 0 aliphatic carbocycles. The highest BCUT2D eigenvalue weighted by Gasteiger charge is 2.05. The molecule has 0 atom stereocenters. The summed E-state index contributed by atoms with van der Waals surface area (Å²) >= 11 is 0. The van der Waals surface area contributed by atoms with E-state index >= 15 is 0 Å². The zero-order chi connectivity index (χ0) is 17.2. The summed E-state index contributed by atoms with van der Waals surface area (Å²) in [5.74, 6) is -0.668. The van der Waals surface area contributed by atoms with Crippen LogP contribution in [0.4, 0.5) is 0 Å². The van der Waals surface area contributed by atoms with Gasteiger partial charge < -0.3 is 4.84 Å². The molecular formula is C19H24N2O3. The molecule has 1 aromatic heterocycles. The van der Waals surface area contributed by atoms with Crippen molar-refractivity contribution in [1.82, 2.24) is 10.5 Å². The molecule has 2 rings (SSSR count). The highest BCUT2D eigenvalue weighted by molar-refractivity contribution is 5.84. The lowest BCUT2D eigenvalue weighted by Gasteiger charge is -2.06. The molecule has 1 N–H and O–H groups in total. The van der Waals surface area contributed by atoms with Crippen molar-refractivity contribution in [3.8, 4) is 0 Å². The van der Waals surface area contributed by atoms with Crippen LogP contribution in [0.15, 0.2) is 36.5 Å². The van der Waals surface area contributed by atoms with Crippen LogP contribution in [0.25, 0.3) is 10.8 Å². The fourth-order valence-corrected chi connectivity index (χ4v) is 2.55. The molecule has 2 aromatic rings. The molecule has 128 valence electrons. The monoisotopic (exact) mass is 328 g/mol. The molecule has 1 heterocycles. The number of amides is 1. The first kappa shape index (κ1) is 17.9. The third-order valence-corrected chi connectivity index (χ3v) is 3.89. The van der Waals surface area contributed by atoms with Gasteiger partial charge in [0.25, 0.3) is 5.91 Å². The smallest absolute Gasteiger partial charge is 0.331 e. The average molecular weight is 328 g/mol. The number of hydroxylamine groups is 1. The molecule has 1 aromatic carbocycles. The van der Waals surface area contributed by atoms with Gasteiger partial charge in [-0.15, -0.1) is 0 Å². The first-order valence-electron chi connectivity index (χ1n) is 8.52. The quantitative estimate of drug-likeness (QED) is 0.592. The maximum atomic E-state index is 11.5. The van der Waals surface area contributed by atoms with Crippen LogP contribution in [0.1, 0.15) is 51.1 Å². The Morgan fingerprint density at radius 2 is 1.88 bits per heavy atom. The van der Waals surface area contributed by atoms with Crippen molar-refractivity contribution >= 4 is 22.6 Å². The molecule has 0 aliphatic heterocycles. The fraction of sp³-hybridized carbons (Fsp3) is 0.421. The molecule has 0 bridgehead atoms. The van der Waals surface area contributed by atoms with Gasteiger partial charge in [0, 0.05) is 30.1 Å². The molecule has 0 saturated heterocycles. The van der Waals surface area contributed by atoms with Gasteiger partial charge in [0.2, 0.25) is 0 Å². The molecular weight excluding hydrogens is 304 g/mol. The number of carbonyl (C=O) groups is 2. The SMILES string of the molecule is CCC(=O)ONC(=O)CCCCCCc1nccc2ccccc12. The minimum absolute atomic E-state index is 0.243. The number of aryl methyl sites for hydroxylation is 1. The molecule has 0 spiro atoms. The second-order valence-electron chi connectivity index (χ2n) is 5.75. The number of hydrogen-bond donors (Lipinski definition) is 1. The normalized spacial score (nSPS) is 10.5. The number of pyridine rings is 1. The summed E-state index contributed by atoms with van der Waals surface area (Å²) in [5.41, 5.74) is 3.31. The van der Waals surface area contributed by atoms with Gasteiger partial charge in [-0.2, -0.15) is 5.48 Å². The maximum Gasteiger partial charge on any atom is 0.331 e. The Morgan fingerprint density at radius 3 is 2.71 bits per heavy atom. The Balaban J connectivity index is 1.63. The first-order chi connectivity index (χ1) is 11.7. The predicted molar refractivity (Wildman–Crippen MR) is 93.1 cm³/mol. The number of fused-ring (bicyclic) bond motifs is 1. The number of unbranched alkanes of at least 4 members (excludes halogenated alkanes) is 3. The van der Waals surface area contributed by atoms with Crippen molar-refractivity contribution in [3.63, 3.8) is 0 Å². The Labute approximate surface area is 142 Å². The van der Waals surface area contributed by atoms with Crippen LogP contribution < -0.4 is 5.48 Å². The Bertz CT molecular complexity index is 680. The van der Waals surface area contributed by atoms with E-state index in [1.165, 1.54) is 10.8 Å². The summed E-state index contributed by atoms with van der Waals surface area (Å²) < 4.78 is 0. The van der Waals surface area contributed by atoms with E-state index in [4.69, 9.17) is 0 Å². The maximum absolute atomic E-state index is 11.5. The van der Waals surface area contributed by atoms with Crippen LogP contribution in [0.2, 0.25) is 0 Å². The number of aromatic nitrogens is 1. The average Bonchev–Trinajstić information content (AvgIpc) is 2.62. The van der Waals surface area contributed by atoms with Crippen LogP contribution in [0.3, 0.4) is 0 Å². The lowest BCUT2D eigenvalue weighted by molar-refractivity contribution is -0.158. The van der Waals surface area contributed by atoms with Crippen molar-refractivity contribution in [1.29, 1.82) is 0 Å². The summed E-state index contributed by atoms with van der Waals surface area (Å²) in [6.45, 7) is 1.68. The third-order valence-electron chi connectivity index (χ3n) is 3.89. The number of carbonyl (C=O) groups excluding carboxylic acids is 2. The van der Waals surface area contributed by atoms with E-state index in [2.05, 4.69) is 27.4 Å². The van der Waals surface area contributed by atoms with E-state index in [1.807, 2.05) is 24.4 Å². The van der Waals surface area contributed by atoms with Gasteiger partial charge >= 0.3 is 5.97 Å². The number of hydrogen-bond acceptors (Lipinski definition) is 4. The molecule has 0 fully saturated rings. The van der Waals surface area contributed by atoms with Crippen LogP contribution in [0.5, 0.6) is 0 Å². The molecule has 5 nitrogen and oxygen atoms in total. The first-order valence-corrected chi connectivity index (χ1v) is 8.52. The van der Waals surface area contributed by atoms with Crippen LogP contribution in [-0.2, 0) is 20.8 Å². The fourth-order valence-electron chi connectivity index (χ4n) is 2.55. The van der Waals surface area contributed by atoms with E-state index in [1.54, 1.807) is 6.92 Å². The van der Waals surface area contributed by atoms with E-state index in [0.717, 1.165) is 37.8 Å². The number of rotatable bonds is 8. The largest absolute Gasteiger partial charge is 0.341 e. The van der Waals surface area contributed by atoms with Gasteiger partial charge in [0.05, 0.1) is 0 Å². The van der Waals surface area contributed by atoms with Crippen molar-refractivity contribution in [3.05, 3.63) is 42.2 Å². The zero-order valence-corrected chi connectivity index (χ0v) is 14.1. The van der Waals surface area contributed by atoms with Gasteiger partial charge in [-0.3, -0.25) is 9.78 Å². The van der Waals surface area contributed by atoms with Crippen LogP contribution in [-0.4, -0.2) is 16.9 Å². The Kier molecular flexibility index (Phi) is 7.21. The van der Waals surface area contributed by atoms with Crippen LogP contribution in [0, 0.1) is 0 Å². The summed E-state index contributed by atoms with van der Waals surface area (Å²) in [5, 5.41) is 2.44. The molecule has 1 amide bonds. The third kappa shape index (κ3) is 5.65. The molecule has 0 radical (unpaired) electrons. The van der Waals surface area contributed by atoms with E-state index in [-0.39, 0.29) is 12.3 Å². The van der Waals surface area contributed by atoms with Gasteiger partial charge in [-0.1, -0.05) is 44.0 Å². The number of nitrogens with zero attached hydrogens (tertiary/aromatic N) is 1. The molecule has 24 heavy (non-hydrogen) atoms. The Hall–Kier alpha value is -2.43. The van der Waals surface area contributed by atoms with Crippen molar-refractivity contribution < 1.29 is 14.4 Å². The topological polar surface area (TPSA) is 68.3 Å². The van der Waals surface area contributed by atoms with Gasteiger partial charge in [-0.25, -0.2) is 4.79 Å². The lowest BCUT2D eigenvalue weighted by atomic mass is 10.0. The number of benzene rings is 1. The molecule has 0 aliphatic rings. The standard InChI is InChI=1S/C19H24N2O3/c1-2-19(23)24-21-18(22)12-6-4-3-5-11-17-16-10-8-7-9-15(16)13-14-20-17/h7-10,13-14H,2-6,11-12H2,1H3,(H,21,22). The molecule has 0 saturated carbocycles. The van der Waals surface area contributed by atoms with Crippen molar-refractivity contribution in [2.24, 2.45) is 0 Å². The highest BCUT2D eigenvalue weighted by Crippen LogP contribution is 2.18. The second kappa shape index (κ2) is 9.65. The van der Waals surface area contributed by atoms with Gasteiger partial charge in [0.1, 0.15) is 0 Å². The van der Waals surface area contributed by atoms with Gasteiger partial charge in [-0.05, 0) is 30.7 Å². The second-order valence-corrected chi connectivity index (χ2v) is 5.75. The predicted octanol–water partition coefficient (Wildman–Crippen LogP) is 3.71. The van der Waals surface area contributed by atoms with Crippen LogP contribution >= 0.6 is 0 Å². The lowest BCUT2D eigenvalue weighted by Crippen LogP contribution is -2.26. The minimum atomic E-state index is -0.425. The van der Waals surface area contributed by atoms with E-state index < -0.39 is 5.97 Å². The zero-order valence-electron chi connectivity index (χ0n) is 14.1. The minimum Gasteiger partial charge on any atom is -0.341 e. The van der Waals surface area contributed by atoms with E-state index in [9.17, 15) is 9.59 Å². The highest BCUT2D eigenvalue weighted by atomic mass is 16.7. The number of nitrogens with one attached hydrogen (secondary N) is 1. The summed E-state index contributed by atoms with van der Waals surface area (Å²) in [7, 11) is 0. The molecule has 0 unspecified atom stereocenters. The summed E-state index contributed by atoms with van der Waals surface area (Å²) in [6.07, 6.45) is 7.30. The van der Waals surface area contributed by atoms with E-state index in [0.29, 0.717) is 6.42 Å². The molecule has 5 heteroatoms. The Morgan fingerprint density at radius 1 is 1.08 bits per heavy atom. The summed E-state index contributed by atoms with van der Waals surface area (Å²) in [6, 6.07) is 10.3. The van der Waals surface area contributed by atoms with Crippen molar-refractivity contribution in [2.45, 2.75) is 51.9 Å². The summed E-state index contributed by atoms with van der Waals surface area (Å²) in [4.78, 5) is 31.5. The van der Waals surface area contributed by atoms with Gasteiger partial charge in [0.15, 0.2) is 0 Å². The van der Waals surface area contributed by atoms with Crippen molar-refractivity contribution in [2.75, 3.05) is 0 Å².